The zero-order chi connectivity index (χ0) is 10.1. The average molecular weight is 194 g/mol. The van der Waals surface area contributed by atoms with E-state index in [0.717, 1.165) is 29.6 Å². The van der Waals surface area contributed by atoms with Crippen LogP contribution in [0.25, 0.3) is 0 Å². The van der Waals surface area contributed by atoms with Gasteiger partial charge in [-0.25, -0.2) is 0 Å². The van der Waals surface area contributed by atoms with Crippen molar-refractivity contribution in [1.82, 2.24) is 0 Å². The van der Waals surface area contributed by atoms with Crippen LogP contribution in [-0.2, 0) is 0 Å². The van der Waals surface area contributed by atoms with Gasteiger partial charge in [-0.3, -0.25) is 0 Å². The lowest BCUT2D eigenvalue weighted by Gasteiger charge is -2.51. The topological polar surface area (TPSA) is 0 Å². The summed E-state index contributed by atoms with van der Waals surface area (Å²) >= 11 is 0. The molecule has 82 valence electrons. The van der Waals surface area contributed by atoms with Crippen LogP contribution in [0.3, 0.4) is 0 Å². The first kappa shape index (κ1) is 10.5. The van der Waals surface area contributed by atoms with E-state index in [1.54, 1.807) is 12.8 Å². The zero-order valence-electron chi connectivity index (χ0n) is 10.1. The third-order valence-electron chi connectivity index (χ3n) is 5.13. The first-order valence-electron chi connectivity index (χ1n) is 6.79. The van der Waals surface area contributed by atoms with Crippen molar-refractivity contribution in [1.29, 1.82) is 0 Å². The fourth-order valence-electron chi connectivity index (χ4n) is 4.50. The smallest absolute Gasteiger partial charge is 0.0326 e. The predicted molar refractivity (Wildman–Crippen MR) is 62.2 cm³/mol. The summed E-state index contributed by atoms with van der Waals surface area (Å²) in [6, 6.07) is 0. The van der Waals surface area contributed by atoms with E-state index in [-0.39, 0.29) is 0 Å². The summed E-state index contributed by atoms with van der Waals surface area (Å²) in [7, 11) is 0. The maximum atomic E-state index is 2.52. The maximum absolute atomic E-state index is 2.52. The lowest BCUT2D eigenvalue weighted by atomic mass is 9.54. The highest BCUT2D eigenvalue weighted by Gasteiger charge is 2.51. The van der Waals surface area contributed by atoms with Gasteiger partial charge in [0.2, 0.25) is 0 Å². The van der Waals surface area contributed by atoms with E-state index in [9.17, 15) is 0 Å². The standard InChI is InChI=1S/C14H26/c1-4-7-11(5-2)14-10(3)12-8-6-9-13(12)14/h10-14H,4-9H2,1-3H3. The monoisotopic (exact) mass is 194 g/mol. The van der Waals surface area contributed by atoms with Gasteiger partial charge in [0, 0.05) is 0 Å². The molecule has 0 heteroatoms. The van der Waals surface area contributed by atoms with Crippen LogP contribution in [0.15, 0.2) is 0 Å². The number of hydrogen-bond acceptors (Lipinski definition) is 0. The van der Waals surface area contributed by atoms with Gasteiger partial charge in [-0.05, 0) is 42.4 Å². The summed E-state index contributed by atoms with van der Waals surface area (Å²) in [4.78, 5) is 0. The van der Waals surface area contributed by atoms with Crippen molar-refractivity contribution in [3.63, 3.8) is 0 Å². The molecule has 0 amide bonds. The molecular weight excluding hydrogens is 168 g/mol. The van der Waals surface area contributed by atoms with Crippen molar-refractivity contribution in [2.24, 2.45) is 29.6 Å². The summed E-state index contributed by atoms with van der Waals surface area (Å²) in [6.07, 6.45) is 8.92. The van der Waals surface area contributed by atoms with Crippen molar-refractivity contribution in [3.8, 4) is 0 Å². The summed E-state index contributed by atoms with van der Waals surface area (Å²) in [5, 5.41) is 0. The van der Waals surface area contributed by atoms with Crippen molar-refractivity contribution in [2.45, 2.75) is 59.3 Å². The highest BCUT2D eigenvalue weighted by Crippen LogP contribution is 2.58. The van der Waals surface area contributed by atoms with Crippen LogP contribution in [0.2, 0.25) is 0 Å². The Balaban J connectivity index is 1.96. The van der Waals surface area contributed by atoms with E-state index in [2.05, 4.69) is 20.8 Å². The van der Waals surface area contributed by atoms with Crippen molar-refractivity contribution in [2.75, 3.05) is 0 Å². The Labute approximate surface area is 89.5 Å². The molecule has 5 atom stereocenters. The van der Waals surface area contributed by atoms with E-state index in [4.69, 9.17) is 0 Å². The molecule has 0 heterocycles. The second-order valence-corrected chi connectivity index (χ2v) is 5.65. The number of hydrogen-bond donors (Lipinski definition) is 0. The van der Waals surface area contributed by atoms with Crippen molar-refractivity contribution in [3.05, 3.63) is 0 Å². The zero-order valence-corrected chi connectivity index (χ0v) is 10.1. The fraction of sp³-hybridized carbons (Fsp3) is 1.00. The molecular formula is C14H26. The van der Waals surface area contributed by atoms with Gasteiger partial charge >= 0.3 is 0 Å². The van der Waals surface area contributed by atoms with Crippen molar-refractivity contribution < 1.29 is 0 Å². The SMILES string of the molecule is CCCC(CC)C1C(C)C2CCCC21. The molecule has 2 aliphatic rings. The molecule has 2 fully saturated rings. The molecule has 5 unspecified atom stereocenters. The lowest BCUT2D eigenvalue weighted by Crippen LogP contribution is -2.46. The molecule has 0 spiro atoms. The van der Waals surface area contributed by atoms with Crippen LogP contribution >= 0.6 is 0 Å². The van der Waals surface area contributed by atoms with Crippen LogP contribution in [0.5, 0.6) is 0 Å². The van der Waals surface area contributed by atoms with E-state index < -0.39 is 0 Å². The third kappa shape index (κ3) is 1.51. The molecule has 0 nitrogen and oxygen atoms in total. The molecule has 2 saturated carbocycles. The molecule has 0 radical (unpaired) electrons. The molecule has 2 rings (SSSR count). The minimum atomic E-state index is 1.05. The van der Waals surface area contributed by atoms with Crippen LogP contribution in [0.1, 0.15) is 59.3 Å². The highest BCUT2D eigenvalue weighted by atomic mass is 14.6. The van der Waals surface area contributed by atoms with Crippen LogP contribution < -0.4 is 0 Å². The normalized spacial score (nSPS) is 43.1. The largest absolute Gasteiger partial charge is 0.0654 e. The van der Waals surface area contributed by atoms with E-state index >= 15 is 0 Å². The molecule has 0 aliphatic heterocycles. The second-order valence-electron chi connectivity index (χ2n) is 5.65. The van der Waals surface area contributed by atoms with Crippen molar-refractivity contribution >= 4 is 0 Å². The Morgan fingerprint density at radius 2 is 1.86 bits per heavy atom. The molecule has 0 saturated heterocycles. The van der Waals surface area contributed by atoms with Gasteiger partial charge in [-0.2, -0.15) is 0 Å². The van der Waals surface area contributed by atoms with E-state index in [0.29, 0.717) is 0 Å². The van der Waals surface area contributed by atoms with Gasteiger partial charge in [-0.15, -0.1) is 0 Å². The maximum Gasteiger partial charge on any atom is -0.0326 e. The highest BCUT2D eigenvalue weighted by molar-refractivity contribution is 5.00. The minimum Gasteiger partial charge on any atom is -0.0654 e. The Bertz CT molecular complexity index is 184. The van der Waals surface area contributed by atoms with E-state index in [1.165, 1.54) is 25.7 Å². The first-order valence-corrected chi connectivity index (χ1v) is 6.79. The Hall–Kier alpha value is 0. The van der Waals surface area contributed by atoms with Gasteiger partial charge < -0.3 is 0 Å². The average Bonchev–Trinajstić information content (AvgIpc) is 2.61. The third-order valence-corrected chi connectivity index (χ3v) is 5.13. The van der Waals surface area contributed by atoms with Gasteiger partial charge in [0.05, 0.1) is 0 Å². The molecule has 0 bridgehead atoms. The Kier molecular flexibility index (Phi) is 3.19. The molecule has 0 aromatic rings. The summed E-state index contributed by atoms with van der Waals surface area (Å²) in [6.45, 7) is 7.27. The molecule has 2 aliphatic carbocycles. The molecule has 0 aromatic heterocycles. The quantitative estimate of drug-likeness (QED) is 0.618. The Morgan fingerprint density at radius 3 is 2.50 bits per heavy atom. The van der Waals surface area contributed by atoms with Crippen LogP contribution in [0, 0.1) is 29.6 Å². The van der Waals surface area contributed by atoms with E-state index in [1.807, 2.05) is 0 Å². The number of rotatable bonds is 4. The second kappa shape index (κ2) is 4.24. The molecule has 0 N–H and O–H groups in total. The molecule has 0 aromatic carbocycles. The summed E-state index contributed by atoms with van der Waals surface area (Å²) < 4.78 is 0. The van der Waals surface area contributed by atoms with Gasteiger partial charge in [0.1, 0.15) is 0 Å². The summed E-state index contributed by atoms with van der Waals surface area (Å²) in [5.74, 6) is 5.48. The van der Waals surface area contributed by atoms with Crippen LogP contribution in [0.4, 0.5) is 0 Å². The summed E-state index contributed by atoms with van der Waals surface area (Å²) in [5.41, 5.74) is 0. The lowest BCUT2D eigenvalue weighted by molar-refractivity contribution is -0.0319. The van der Waals surface area contributed by atoms with Gasteiger partial charge in [0.25, 0.3) is 0 Å². The number of fused-ring (bicyclic) bond motifs is 1. The predicted octanol–water partition coefficient (Wildman–Crippen LogP) is 4.49. The minimum absolute atomic E-state index is 1.05. The van der Waals surface area contributed by atoms with Gasteiger partial charge in [-0.1, -0.05) is 46.5 Å². The van der Waals surface area contributed by atoms with Crippen LogP contribution in [-0.4, -0.2) is 0 Å². The first-order chi connectivity index (χ1) is 6.79. The Morgan fingerprint density at radius 1 is 1.14 bits per heavy atom. The fourth-order valence-corrected chi connectivity index (χ4v) is 4.50. The van der Waals surface area contributed by atoms with Gasteiger partial charge in [0.15, 0.2) is 0 Å². The molecule has 14 heavy (non-hydrogen) atoms.